The summed E-state index contributed by atoms with van der Waals surface area (Å²) >= 11 is 0. The molecule has 0 saturated carbocycles. The van der Waals surface area contributed by atoms with Crippen molar-refractivity contribution in [1.29, 1.82) is 0 Å². The molecule has 4 heteroatoms. The zero-order chi connectivity index (χ0) is 11.4. The van der Waals surface area contributed by atoms with E-state index in [2.05, 4.69) is 0 Å². The molecule has 1 atom stereocenters. The predicted octanol–water partition coefficient (Wildman–Crippen LogP) is 0.465. The average molecular weight is 202 g/mol. The number of methoxy groups -OCH3 is 1. The fourth-order valence-electron chi connectivity index (χ4n) is 0.946. The van der Waals surface area contributed by atoms with Crippen LogP contribution in [-0.2, 0) is 9.53 Å². The van der Waals surface area contributed by atoms with Crippen LogP contribution < -0.4 is 5.73 Å². The second-order valence-corrected chi connectivity index (χ2v) is 4.60. The number of likely N-dealkylation sites (N-methyl/N-ethyl adjacent to an activating group) is 1. The molecule has 0 saturated heterocycles. The highest BCUT2D eigenvalue weighted by atomic mass is 16.5. The van der Waals surface area contributed by atoms with Crippen LogP contribution in [0.25, 0.3) is 0 Å². The molecule has 2 N–H and O–H groups in total. The Morgan fingerprint density at radius 3 is 2.36 bits per heavy atom. The molecule has 0 rings (SSSR count). The van der Waals surface area contributed by atoms with Crippen LogP contribution >= 0.6 is 0 Å². The average Bonchev–Trinajstić information content (AvgIpc) is 2.10. The van der Waals surface area contributed by atoms with E-state index >= 15 is 0 Å². The number of hydrogen-bond donors (Lipinski definition) is 1. The Bertz CT molecular complexity index is 187. The summed E-state index contributed by atoms with van der Waals surface area (Å²) < 4.78 is 4.89. The fourth-order valence-corrected chi connectivity index (χ4v) is 0.946. The lowest BCUT2D eigenvalue weighted by Gasteiger charge is -2.29. The van der Waals surface area contributed by atoms with Crippen LogP contribution in [0.5, 0.6) is 0 Å². The molecule has 0 aliphatic rings. The van der Waals surface area contributed by atoms with E-state index in [4.69, 9.17) is 10.5 Å². The molecule has 0 radical (unpaired) electrons. The molecule has 0 spiro atoms. The van der Waals surface area contributed by atoms with Crippen molar-refractivity contribution in [2.45, 2.75) is 26.8 Å². The largest absolute Gasteiger partial charge is 0.383 e. The van der Waals surface area contributed by atoms with Gasteiger partial charge in [0.2, 0.25) is 5.91 Å². The molecule has 0 fully saturated rings. The van der Waals surface area contributed by atoms with Gasteiger partial charge in [0.15, 0.2) is 0 Å². The summed E-state index contributed by atoms with van der Waals surface area (Å²) in [6.45, 7) is 7.00. The Morgan fingerprint density at radius 1 is 1.50 bits per heavy atom. The SMILES string of the molecule is COCCN(C)C(=O)[C@H](N)C(C)(C)C. The zero-order valence-electron chi connectivity index (χ0n) is 9.83. The number of carbonyl (C=O) groups is 1. The van der Waals surface area contributed by atoms with Gasteiger partial charge in [0.25, 0.3) is 0 Å². The molecule has 0 aliphatic heterocycles. The van der Waals surface area contributed by atoms with Crippen molar-refractivity contribution in [3.05, 3.63) is 0 Å². The number of nitrogens with two attached hydrogens (primary N) is 1. The molecule has 0 aromatic heterocycles. The van der Waals surface area contributed by atoms with Gasteiger partial charge in [-0.2, -0.15) is 0 Å². The smallest absolute Gasteiger partial charge is 0.239 e. The summed E-state index contributed by atoms with van der Waals surface area (Å²) in [4.78, 5) is 13.4. The maximum Gasteiger partial charge on any atom is 0.239 e. The standard InChI is InChI=1S/C10H22N2O2/c1-10(2,3)8(11)9(13)12(4)6-7-14-5/h8H,6-7,11H2,1-5H3/t8-/m0/s1. The first-order chi connectivity index (χ1) is 6.30. The minimum Gasteiger partial charge on any atom is -0.383 e. The highest BCUT2D eigenvalue weighted by Gasteiger charge is 2.29. The van der Waals surface area contributed by atoms with Gasteiger partial charge >= 0.3 is 0 Å². The number of ether oxygens (including phenoxy) is 1. The van der Waals surface area contributed by atoms with Crippen LogP contribution in [0.4, 0.5) is 0 Å². The van der Waals surface area contributed by atoms with Gasteiger partial charge in [-0.05, 0) is 5.41 Å². The van der Waals surface area contributed by atoms with E-state index in [1.807, 2.05) is 20.8 Å². The Kier molecular flexibility index (Phi) is 5.08. The third-order valence-electron chi connectivity index (χ3n) is 2.21. The third kappa shape index (κ3) is 4.07. The number of nitrogens with zero attached hydrogens (tertiary/aromatic N) is 1. The third-order valence-corrected chi connectivity index (χ3v) is 2.21. The van der Waals surface area contributed by atoms with Gasteiger partial charge in [-0.25, -0.2) is 0 Å². The molecule has 1 amide bonds. The minimum atomic E-state index is -0.454. The van der Waals surface area contributed by atoms with Crippen molar-refractivity contribution in [2.75, 3.05) is 27.3 Å². The van der Waals surface area contributed by atoms with E-state index in [-0.39, 0.29) is 11.3 Å². The van der Waals surface area contributed by atoms with Gasteiger partial charge < -0.3 is 15.4 Å². The van der Waals surface area contributed by atoms with Crippen LogP contribution in [0.2, 0.25) is 0 Å². The van der Waals surface area contributed by atoms with Crippen molar-refractivity contribution >= 4 is 5.91 Å². The van der Waals surface area contributed by atoms with Crippen molar-refractivity contribution in [2.24, 2.45) is 11.1 Å². The second-order valence-electron chi connectivity index (χ2n) is 4.60. The fraction of sp³-hybridized carbons (Fsp3) is 0.900. The van der Waals surface area contributed by atoms with E-state index in [0.717, 1.165) is 0 Å². The van der Waals surface area contributed by atoms with Gasteiger partial charge in [0.1, 0.15) is 0 Å². The van der Waals surface area contributed by atoms with E-state index in [0.29, 0.717) is 13.2 Å². The second kappa shape index (κ2) is 5.32. The Balaban J connectivity index is 4.18. The van der Waals surface area contributed by atoms with Gasteiger partial charge in [0, 0.05) is 20.7 Å². The van der Waals surface area contributed by atoms with Crippen molar-refractivity contribution < 1.29 is 9.53 Å². The molecule has 0 unspecified atom stereocenters. The number of carbonyl (C=O) groups excluding carboxylic acids is 1. The van der Waals surface area contributed by atoms with E-state index in [9.17, 15) is 4.79 Å². The van der Waals surface area contributed by atoms with Crippen LogP contribution in [0.15, 0.2) is 0 Å². The molecule has 0 heterocycles. The molecule has 0 aliphatic carbocycles. The molecular formula is C10H22N2O2. The molecule has 0 aromatic carbocycles. The maximum atomic E-state index is 11.7. The van der Waals surface area contributed by atoms with E-state index < -0.39 is 6.04 Å². The first-order valence-corrected chi connectivity index (χ1v) is 4.80. The van der Waals surface area contributed by atoms with E-state index in [1.54, 1.807) is 19.1 Å². The minimum absolute atomic E-state index is 0.0328. The highest BCUT2D eigenvalue weighted by Crippen LogP contribution is 2.18. The molecule has 0 aromatic rings. The molecular weight excluding hydrogens is 180 g/mol. The molecule has 84 valence electrons. The summed E-state index contributed by atoms with van der Waals surface area (Å²) in [6, 6.07) is -0.454. The van der Waals surface area contributed by atoms with Gasteiger partial charge in [0.05, 0.1) is 12.6 Å². The molecule has 14 heavy (non-hydrogen) atoms. The van der Waals surface area contributed by atoms with Gasteiger partial charge in [-0.3, -0.25) is 4.79 Å². The van der Waals surface area contributed by atoms with Crippen LogP contribution in [0.3, 0.4) is 0 Å². The van der Waals surface area contributed by atoms with Crippen LogP contribution in [0.1, 0.15) is 20.8 Å². The lowest BCUT2D eigenvalue weighted by molar-refractivity contribution is -0.134. The summed E-state index contributed by atoms with van der Waals surface area (Å²) in [5, 5.41) is 0. The summed E-state index contributed by atoms with van der Waals surface area (Å²) in [7, 11) is 3.36. The zero-order valence-corrected chi connectivity index (χ0v) is 9.83. The Morgan fingerprint density at radius 2 is 2.00 bits per heavy atom. The highest BCUT2D eigenvalue weighted by molar-refractivity contribution is 5.82. The first kappa shape index (κ1) is 13.4. The first-order valence-electron chi connectivity index (χ1n) is 4.80. The number of rotatable bonds is 4. The van der Waals surface area contributed by atoms with E-state index in [1.165, 1.54) is 0 Å². The van der Waals surface area contributed by atoms with Gasteiger partial charge in [-0.1, -0.05) is 20.8 Å². The Labute approximate surface area is 86.4 Å². The number of hydrogen-bond acceptors (Lipinski definition) is 3. The van der Waals surface area contributed by atoms with Crippen LogP contribution in [0, 0.1) is 5.41 Å². The maximum absolute atomic E-state index is 11.7. The molecule has 4 nitrogen and oxygen atoms in total. The van der Waals surface area contributed by atoms with Gasteiger partial charge in [-0.15, -0.1) is 0 Å². The van der Waals surface area contributed by atoms with Crippen molar-refractivity contribution in [3.8, 4) is 0 Å². The topological polar surface area (TPSA) is 55.6 Å². The quantitative estimate of drug-likeness (QED) is 0.720. The summed E-state index contributed by atoms with van der Waals surface area (Å²) in [5.41, 5.74) is 5.64. The van der Waals surface area contributed by atoms with Crippen LogP contribution in [-0.4, -0.2) is 44.2 Å². The Hall–Kier alpha value is -0.610. The normalized spacial score (nSPS) is 13.9. The lowest BCUT2D eigenvalue weighted by Crippen LogP contribution is -2.49. The predicted molar refractivity (Wildman–Crippen MR) is 56.9 cm³/mol. The van der Waals surface area contributed by atoms with Crippen molar-refractivity contribution in [1.82, 2.24) is 4.90 Å². The number of amides is 1. The summed E-state index contributed by atoms with van der Waals surface area (Å²) in [6.07, 6.45) is 0. The monoisotopic (exact) mass is 202 g/mol. The lowest BCUT2D eigenvalue weighted by atomic mass is 9.86. The van der Waals surface area contributed by atoms with Crippen molar-refractivity contribution in [3.63, 3.8) is 0 Å². The summed E-state index contributed by atoms with van der Waals surface area (Å²) in [5.74, 6) is -0.0328. The molecule has 0 bridgehead atoms.